The Morgan fingerprint density at radius 2 is 1.37 bits per heavy atom. The fraction of sp³-hybridized carbons (Fsp3) is 0.885. The number of fused-ring (bicyclic) bond motifs is 5. The average molecular weight is 1150 g/mol. The van der Waals surface area contributed by atoms with Gasteiger partial charge in [-0.15, -0.1) is 0 Å². The molecule has 17 heteroatoms. The molecule has 15 atom stereocenters. The smallest absolute Gasteiger partial charge is 0.334 e. The zero-order chi connectivity index (χ0) is 58.6. The van der Waals surface area contributed by atoms with Crippen LogP contribution in [0.4, 0.5) is 0 Å². The van der Waals surface area contributed by atoms with Crippen molar-refractivity contribution in [3.05, 3.63) is 23.3 Å². The molecule has 4 heterocycles. The Hall–Kier alpha value is -1.62. The van der Waals surface area contributed by atoms with Crippen molar-refractivity contribution in [2.75, 3.05) is 27.9 Å². The molecule has 1 aliphatic carbocycles. The number of ether oxygens (including phenoxy) is 5. The largest absolute Gasteiger partial charge is 0.456 e. The van der Waals surface area contributed by atoms with E-state index in [4.69, 9.17) is 41.1 Å². The van der Waals surface area contributed by atoms with E-state index in [0.29, 0.717) is 32.1 Å². The van der Waals surface area contributed by atoms with Gasteiger partial charge in [-0.05, 0) is 142 Å². The van der Waals surface area contributed by atoms with Crippen LogP contribution < -0.4 is 0 Å². The Bertz CT molecular complexity index is 2040. The summed E-state index contributed by atoms with van der Waals surface area (Å²) >= 11 is 0. The molecule has 4 fully saturated rings. The predicted octanol–water partition coefficient (Wildman–Crippen LogP) is 12.9. The van der Waals surface area contributed by atoms with Crippen molar-refractivity contribution >= 4 is 43.1 Å². The Morgan fingerprint density at radius 1 is 0.808 bits per heavy atom. The molecule has 2 unspecified atom stereocenters. The van der Waals surface area contributed by atoms with Crippen LogP contribution in [0, 0.1) is 29.6 Å². The normalized spacial score (nSPS) is 37.3. The first-order valence-electron chi connectivity index (χ1n) is 30.4. The number of cyclic esters (lactones) is 1. The zero-order valence-corrected chi connectivity index (χ0v) is 55.8. The van der Waals surface area contributed by atoms with E-state index in [-0.39, 0.29) is 76.2 Å². The van der Waals surface area contributed by atoms with Gasteiger partial charge in [0.05, 0.1) is 36.6 Å². The lowest BCUT2D eigenvalue weighted by molar-refractivity contribution is -0.302. The number of ketones is 1. The number of nitrogens with zero attached hydrogens (tertiary/aromatic N) is 1. The van der Waals surface area contributed by atoms with Gasteiger partial charge in [-0.25, -0.2) is 4.79 Å². The number of esters is 1. The molecule has 0 radical (unpaired) electrons. The highest BCUT2D eigenvalue weighted by Gasteiger charge is 2.61. The molecule has 4 bridgehead atoms. The number of aliphatic hydroxyl groups is 1. The molecule has 0 spiro atoms. The molecule has 78 heavy (non-hydrogen) atoms. The maximum absolute atomic E-state index is 15.4. The van der Waals surface area contributed by atoms with Gasteiger partial charge in [0.15, 0.2) is 8.32 Å². The second-order valence-corrected chi connectivity index (χ2v) is 41.1. The SMILES string of the molecule is CC[C@@H]1/C=C(\C)C[C@H](C)CC(OC)[C@H]2O[C@@](O)(C(=O)C(=O)N3CCCC[C@H]3C(=O)O[C@H](/C(C)=C/[C@@H]3CC[C@@H](O[Si](C)(C)C(C)(C)C)[C@H](OC)C3)[C@H](C)[C@H]3C[C@@H]1O[Si](C(C)C)(C(C)C)O[Si](C(C)C)(C(C)C)O3)[C@H](C)CC2OC. The van der Waals surface area contributed by atoms with E-state index >= 15 is 4.79 Å². The van der Waals surface area contributed by atoms with Gasteiger partial charge in [0.1, 0.15) is 18.2 Å². The van der Waals surface area contributed by atoms with E-state index in [1.165, 1.54) is 10.5 Å². The third-order valence-corrected chi connectivity index (χ3v) is 34.3. The topological polar surface area (TPSA) is 158 Å². The fourth-order valence-electron chi connectivity index (χ4n) is 13.6. The summed E-state index contributed by atoms with van der Waals surface area (Å²) < 4.78 is 62.7. The monoisotopic (exact) mass is 1150 g/mol. The first-order valence-corrected chi connectivity index (χ1v) is 37.3. The molecule has 0 aromatic heterocycles. The first kappa shape index (κ1) is 67.2. The molecule has 0 aromatic carbocycles. The minimum absolute atomic E-state index is 0.000668. The first-order chi connectivity index (χ1) is 36.3. The number of hydrogen-bond acceptors (Lipinski definition) is 13. The Balaban J connectivity index is 1.73. The van der Waals surface area contributed by atoms with Crippen molar-refractivity contribution < 1.29 is 60.6 Å². The van der Waals surface area contributed by atoms with Crippen molar-refractivity contribution in [1.29, 1.82) is 0 Å². The van der Waals surface area contributed by atoms with Gasteiger partial charge in [0, 0.05) is 45.6 Å². The Labute approximate surface area is 476 Å². The summed E-state index contributed by atoms with van der Waals surface area (Å²) in [5.74, 6) is -6.16. The van der Waals surface area contributed by atoms with Crippen LogP contribution in [-0.2, 0) is 55.5 Å². The number of carbonyl (C=O) groups excluding carboxylic acids is 3. The minimum atomic E-state index is -3.19. The maximum atomic E-state index is 15.4. The molecular formula is C61H111NO13Si3. The highest BCUT2D eigenvalue weighted by Crippen LogP contribution is 2.50. The lowest BCUT2D eigenvalue weighted by Crippen LogP contribution is -2.66. The molecule has 5 aliphatic rings. The van der Waals surface area contributed by atoms with Crippen LogP contribution in [0.2, 0.25) is 40.3 Å². The summed E-state index contributed by atoms with van der Waals surface area (Å²) in [6, 6.07) is -1.08. The molecular weight excluding hydrogens is 1040 g/mol. The molecule has 3 saturated heterocycles. The molecule has 14 nitrogen and oxygen atoms in total. The van der Waals surface area contributed by atoms with Crippen molar-refractivity contribution in [3.63, 3.8) is 0 Å². The van der Waals surface area contributed by atoms with Crippen LogP contribution >= 0.6 is 0 Å². The van der Waals surface area contributed by atoms with Crippen molar-refractivity contribution in [2.45, 2.75) is 289 Å². The number of carbonyl (C=O) groups is 3. The van der Waals surface area contributed by atoms with Gasteiger partial charge in [-0.3, -0.25) is 9.59 Å². The number of hydrogen-bond donors (Lipinski definition) is 1. The van der Waals surface area contributed by atoms with Gasteiger partial charge >= 0.3 is 23.1 Å². The quantitative estimate of drug-likeness (QED) is 0.0853. The van der Waals surface area contributed by atoms with Gasteiger partial charge in [0.2, 0.25) is 5.79 Å². The molecule has 0 aromatic rings. The van der Waals surface area contributed by atoms with Gasteiger partial charge in [-0.2, -0.15) is 0 Å². The molecule has 4 aliphatic heterocycles. The number of allylic oxidation sites excluding steroid dienone is 2. The average Bonchev–Trinajstić information content (AvgIpc) is 3.36. The van der Waals surface area contributed by atoms with E-state index in [9.17, 15) is 14.7 Å². The van der Waals surface area contributed by atoms with E-state index in [2.05, 4.69) is 136 Å². The molecule has 1 N–H and O–H groups in total. The summed E-state index contributed by atoms with van der Waals surface area (Å²) in [5.41, 5.74) is 2.48. The van der Waals surface area contributed by atoms with Crippen LogP contribution in [-0.4, -0.2) is 142 Å². The number of amides is 1. The van der Waals surface area contributed by atoms with Gasteiger partial charge < -0.3 is 51.1 Å². The molecule has 5 rings (SSSR count). The third kappa shape index (κ3) is 14.6. The van der Waals surface area contributed by atoms with Crippen molar-refractivity contribution in [2.24, 2.45) is 29.6 Å². The number of Topliss-reactive ketones (excluding diaryl/α,β-unsaturated/α-hetero) is 1. The van der Waals surface area contributed by atoms with Crippen molar-refractivity contribution in [3.8, 4) is 0 Å². The van der Waals surface area contributed by atoms with Gasteiger partial charge in [-0.1, -0.05) is 122 Å². The summed E-state index contributed by atoms with van der Waals surface area (Å²) in [7, 11) is -3.36. The third-order valence-electron chi connectivity index (χ3n) is 19.5. The highest BCUT2D eigenvalue weighted by molar-refractivity contribution is 6.84. The van der Waals surface area contributed by atoms with E-state index in [1.54, 1.807) is 28.3 Å². The summed E-state index contributed by atoms with van der Waals surface area (Å²) in [6.07, 6.45) is 7.93. The van der Waals surface area contributed by atoms with Crippen LogP contribution in [0.3, 0.4) is 0 Å². The Kier molecular flexibility index (Phi) is 23.6. The summed E-state index contributed by atoms with van der Waals surface area (Å²) in [5, 5.41) is 12.5. The number of piperidine rings is 1. The van der Waals surface area contributed by atoms with E-state index in [1.807, 2.05) is 0 Å². The van der Waals surface area contributed by atoms with Crippen LogP contribution in [0.25, 0.3) is 0 Å². The summed E-state index contributed by atoms with van der Waals surface area (Å²) in [6.45, 7) is 42.1. The second-order valence-electron chi connectivity index (χ2n) is 27.5. The molecule has 450 valence electrons. The highest BCUT2D eigenvalue weighted by atomic mass is 28.5. The van der Waals surface area contributed by atoms with E-state index < -0.39 is 97.3 Å². The molecule has 1 saturated carbocycles. The summed E-state index contributed by atoms with van der Waals surface area (Å²) in [4.78, 5) is 46.4. The zero-order valence-electron chi connectivity index (χ0n) is 52.8. The minimum Gasteiger partial charge on any atom is -0.456 e. The van der Waals surface area contributed by atoms with Gasteiger partial charge in [0.25, 0.3) is 11.7 Å². The van der Waals surface area contributed by atoms with Crippen molar-refractivity contribution in [1.82, 2.24) is 4.90 Å². The second kappa shape index (κ2) is 27.4. The van der Waals surface area contributed by atoms with Crippen LogP contribution in [0.1, 0.15) is 188 Å². The molecule has 1 amide bonds. The fourth-order valence-corrected chi connectivity index (χ4v) is 26.4. The lowest BCUT2D eigenvalue weighted by atomic mass is 9.81. The number of rotatable bonds is 12. The van der Waals surface area contributed by atoms with Crippen LogP contribution in [0.15, 0.2) is 23.3 Å². The Morgan fingerprint density at radius 3 is 1.91 bits per heavy atom. The maximum Gasteiger partial charge on any atom is 0.334 e. The van der Waals surface area contributed by atoms with E-state index in [0.717, 1.165) is 37.7 Å². The number of methoxy groups -OCH3 is 3. The lowest BCUT2D eigenvalue weighted by Gasteiger charge is -2.54. The predicted molar refractivity (Wildman–Crippen MR) is 316 cm³/mol. The van der Waals surface area contributed by atoms with Crippen LogP contribution in [0.5, 0.6) is 0 Å². The standard InChI is InChI=1S/C61H111NO13Si3/c1-23-47-31-41(10)30-42(11)32-53(68-19)56-54(69-20)34-44(13)61(66,71-56)57(63)58(64)62-29-25-24-26-48(62)59(65)70-55(43(12)33-46-27-28-49(52(35-46)67-18)72-76(21,22)60(15,16)17)45(14)50-36-51(47)74-78(39(6)7,40(8)9)75-77(73-50,37(2)3)38(4)5/h31,33,37-40,42,44-56,66H,23-30,32,34-36H2,1-22H3/b41-31+,43-33+/t42-,44+,45+,46-,47+,48-,49+,50+,51-,52+,53?,54?,55+,56+,61+/m0/s1.